The minimum absolute atomic E-state index is 0.141. The molecule has 6 nitrogen and oxygen atoms in total. The van der Waals surface area contributed by atoms with E-state index >= 15 is 0 Å². The third kappa shape index (κ3) is 6.80. The Hall–Kier alpha value is -2.03. The normalized spacial score (nSPS) is 15.4. The van der Waals surface area contributed by atoms with E-state index in [1.807, 2.05) is 6.07 Å². The molecule has 0 aliphatic carbocycles. The Labute approximate surface area is 125 Å². The molecule has 0 atom stereocenters. The number of likely N-dealkylation sites (tertiary alicyclic amines) is 1. The van der Waals surface area contributed by atoms with Gasteiger partial charge >= 0.3 is 5.97 Å². The predicted molar refractivity (Wildman–Crippen MR) is 78.2 cm³/mol. The van der Waals surface area contributed by atoms with E-state index < -0.39 is 5.97 Å². The molecule has 21 heavy (non-hydrogen) atoms. The van der Waals surface area contributed by atoms with Crippen LogP contribution in [0.25, 0.3) is 0 Å². The van der Waals surface area contributed by atoms with Crippen LogP contribution in [-0.4, -0.2) is 41.5 Å². The third-order valence-electron chi connectivity index (χ3n) is 3.45. The van der Waals surface area contributed by atoms with Crippen molar-refractivity contribution in [1.29, 1.82) is 5.26 Å². The molecule has 1 aliphatic heterocycles. The van der Waals surface area contributed by atoms with Crippen molar-refractivity contribution in [3.05, 3.63) is 11.8 Å². The van der Waals surface area contributed by atoms with Gasteiger partial charge < -0.3 is 15.3 Å². The van der Waals surface area contributed by atoms with E-state index in [0.29, 0.717) is 13.0 Å². The van der Waals surface area contributed by atoms with Gasteiger partial charge in [0.2, 0.25) is 0 Å². The topological polar surface area (TPSA) is 93.4 Å². The monoisotopic (exact) mass is 293 g/mol. The highest BCUT2D eigenvalue weighted by Gasteiger charge is 2.19. The van der Waals surface area contributed by atoms with Crippen LogP contribution in [0.15, 0.2) is 11.8 Å². The number of carbonyl (C=O) groups excluding carboxylic acids is 1. The molecule has 6 heteroatoms. The van der Waals surface area contributed by atoms with Gasteiger partial charge in [-0.3, -0.25) is 9.59 Å². The summed E-state index contributed by atoms with van der Waals surface area (Å²) in [6, 6.07) is 1.95. The Morgan fingerprint density at radius 1 is 1.19 bits per heavy atom. The molecule has 1 amide bonds. The zero-order chi connectivity index (χ0) is 15.5. The predicted octanol–water partition coefficient (Wildman–Crippen LogP) is 1.64. The molecule has 116 valence electrons. The first kappa shape index (κ1) is 17.0. The van der Waals surface area contributed by atoms with Crippen LogP contribution in [0.3, 0.4) is 0 Å². The summed E-state index contributed by atoms with van der Waals surface area (Å²) in [5, 5.41) is 20.5. The molecular weight excluding hydrogens is 270 g/mol. The molecule has 0 unspecified atom stereocenters. The number of hydrogen-bond acceptors (Lipinski definition) is 4. The van der Waals surface area contributed by atoms with Crippen molar-refractivity contribution in [3.63, 3.8) is 0 Å². The highest BCUT2D eigenvalue weighted by molar-refractivity contribution is 5.97. The SMILES string of the molecule is N#C/C(=C/NCCCCCC(=O)O)C(=O)N1CCCCC1. The number of amides is 1. The number of carboxylic acid groups (broad SMARTS) is 1. The van der Waals surface area contributed by atoms with Gasteiger partial charge in [0.05, 0.1) is 0 Å². The zero-order valence-electron chi connectivity index (χ0n) is 12.3. The lowest BCUT2D eigenvalue weighted by molar-refractivity contribution is -0.137. The maximum atomic E-state index is 12.1. The minimum atomic E-state index is -0.776. The molecule has 1 fully saturated rings. The number of carboxylic acids is 1. The van der Waals surface area contributed by atoms with Gasteiger partial charge in [-0.25, -0.2) is 0 Å². The average Bonchev–Trinajstić information content (AvgIpc) is 2.50. The van der Waals surface area contributed by atoms with Crippen molar-refractivity contribution in [2.24, 2.45) is 0 Å². The molecule has 1 saturated heterocycles. The van der Waals surface area contributed by atoms with Crippen LogP contribution in [0.5, 0.6) is 0 Å². The second-order valence-corrected chi connectivity index (χ2v) is 5.18. The molecule has 0 saturated carbocycles. The van der Waals surface area contributed by atoms with E-state index in [0.717, 1.165) is 45.2 Å². The number of nitriles is 1. The Kier molecular flexibility index (Phi) is 7.95. The van der Waals surface area contributed by atoms with Gasteiger partial charge in [0.25, 0.3) is 5.91 Å². The molecule has 0 aromatic carbocycles. The number of nitrogens with zero attached hydrogens (tertiary/aromatic N) is 2. The van der Waals surface area contributed by atoms with Gasteiger partial charge in [-0.05, 0) is 32.1 Å². The van der Waals surface area contributed by atoms with Crippen LogP contribution >= 0.6 is 0 Å². The highest BCUT2D eigenvalue weighted by atomic mass is 16.4. The largest absolute Gasteiger partial charge is 0.481 e. The second-order valence-electron chi connectivity index (χ2n) is 5.18. The van der Waals surface area contributed by atoms with Gasteiger partial charge in [0, 0.05) is 32.3 Å². The molecule has 0 spiro atoms. The van der Waals surface area contributed by atoms with Gasteiger partial charge in [-0.15, -0.1) is 0 Å². The molecule has 1 heterocycles. The fourth-order valence-electron chi connectivity index (χ4n) is 2.26. The van der Waals surface area contributed by atoms with Crippen molar-refractivity contribution in [2.45, 2.75) is 44.9 Å². The maximum Gasteiger partial charge on any atom is 0.303 e. The summed E-state index contributed by atoms with van der Waals surface area (Å²) < 4.78 is 0. The standard InChI is InChI=1S/C15H23N3O3/c16-11-13(15(21)18-9-5-2-6-10-18)12-17-8-4-1-3-7-14(19)20/h12,17H,1-10H2,(H,19,20)/b13-12-. The summed E-state index contributed by atoms with van der Waals surface area (Å²) in [4.78, 5) is 24.2. The van der Waals surface area contributed by atoms with E-state index in [4.69, 9.17) is 10.4 Å². The molecule has 1 aliphatic rings. The molecule has 2 N–H and O–H groups in total. The number of nitrogens with one attached hydrogen (secondary N) is 1. The lowest BCUT2D eigenvalue weighted by Crippen LogP contribution is -2.36. The van der Waals surface area contributed by atoms with Gasteiger partial charge in [-0.1, -0.05) is 6.42 Å². The van der Waals surface area contributed by atoms with E-state index in [1.54, 1.807) is 4.90 Å². The quantitative estimate of drug-likeness (QED) is 0.403. The van der Waals surface area contributed by atoms with E-state index in [9.17, 15) is 9.59 Å². The van der Waals surface area contributed by atoms with E-state index in [-0.39, 0.29) is 17.9 Å². The van der Waals surface area contributed by atoms with Crippen LogP contribution in [0.1, 0.15) is 44.9 Å². The first-order valence-corrected chi connectivity index (χ1v) is 7.50. The summed E-state index contributed by atoms with van der Waals surface area (Å²) >= 11 is 0. The molecule has 0 bridgehead atoms. The molecule has 0 aromatic rings. The maximum absolute atomic E-state index is 12.1. The van der Waals surface area contributed by atoms with Crippen LogP contribution in [0, 0.1) is 11.3 Å². The minimum Gasteiger partial charge on any atom is -0.481 e. The fourth-order valence-corrected chi connectivity index (χ4v) is 2.26. The second kappa shape index (κ2) is 9.81. The number of unbranched alkanes of at least 4 members (excludes halogenated alkanes) is 2. The van der Waals surface area contributed by atoms with Gasteiger partial charge in [0.1, 0.15) is 11.6 Å². The average molecular weight is 293 g/mol. The summed E-state index contributed by atoms with van der Waals surface area (Å²) in [6.07, 6.45) is 7.10. The van der Waals surface area contributed by atoms with Gasteiger partial charge in [0.15, 0.2) is 0 Å². The Bertz CT molecular complexity index is 420. The van der Waals surface area contributed by atoms with Crippen molar-refractivity contribution in [1.82, 2.24) is 10.2 Å². The van der Waals surface area contributed by atoms with Crippen molar-refractivity contribution in [2.75, 3.05) is 19.6 Å². The highest BCUT2D eigenvalue weighted by Crippen LogP contribution is 2.11. The van der Waals surface area contributed by atoms with Crippen molar-refractivity contribution >= 4 is 11.9 Å². The van der Waals surface area contributed by atoms with Crippen molar-refractivity contribution in [3.8, 4) is 6.07 Å². The lowest BCUT2D eigenvalue weighted by atomic mass is 10.1. The number of hydrogen-bond donors (Lipinski definition) is 2. The Morgan fingerprint density at radius 3 is 2.52 bits per heavy atom. The van der Waals surface area contributed by atoms with Crippen LogP contribution < -0.4 is 5.32 Å². The van der Waals surface area contributed by atoms with Crippen LogP contribution in [0.2, 0.25) is 0 Å². The lowest BCUT2D eigenvalue weighted by Gasteiger charge is -2.26. The number of piperidine rings is 1. The number of aliphatic carboxylic acids is 1. The Balaban J connectivity index is 2.26. The van der Waals surface area contributed by atoms with Crippen molar-refractivity contribution < 1.29 is 14.7 Å². The van der Waals surface area contributed by atoms with Crippen LogP contribution in [-0.2, 0) is 9.59 Å². The number of carbonyl (C=O) groups is 2. The molecular formula is C15H23N3O3. The summed E-state index contributed by atoms with van der Waals surface area (Å²) in [5.74, 6) is -0.975. The first-order valence-electron chi connectivity index (χ1n) is 7.50. The first-order chi connectivity index (χ1) is 10.1. The number of rotatable bonds is 8. The third-order valence-corrected chi connectivity index (χ3v) is 3.45. The van der Waals surface area contributed by atoms with E-state index in [2.05, 4.69) is 5.32 Å². The van der Waals surface area contributed by atoms with Crippen LogP contribution in [0.4, 0.5) is 0 Å². The van der Waals surface area contributed by atoms with Gasteiger partial charge in [-0.2, -0.15) is 5.26 Å². The van der Waals surface area contributed by atoms with E-state index in [1.165, 1.54) is 6.20 Å². The molecule has 0 aromatic heterocycles. The summed E-state index contributed by atoms with van der Waals surface area (Å²) in [6.45, 7) is 2.10. The summed E-state index contributed by atoms with van der Waals surface area (Å²) in [5.41, 5.74) is 0.141. The summed E-state index contributed by atoms with van der Waals surface area (Å²) in [7, 11) is 0. The molecule has 1 rings (SSSR count). The fraction of sp³-hybridized carbons (Fsp3) is 0.667. The Morgan fingerprint density at radius 2 is 1.90 bits per heavy atom. The smallest absolute Gasteiger partial charge is 0.303 e. The zero-order valence-corrected chi connectivity index (χ0v) is 12.3. The molecule has 0 radical (unpaired) electrons.